The number of hydrogen-bond donors (Lipinski definition) is 1. The van der Waals surface area contributed by atoms with Gasteiger partial charge >= 0.3 is 0 Å². The molecule has 1 aliphatic rings. The molecule has 2 aromatic carbocycles. The van der Waals surface area contributed by atoms with Crippen LogP contribution in [-0.2, 0) is 21.2 Å². The molecule has 1 amide bonds. The molecule has 1 N–H and O–H groups in total. The van der Waals surface area contributed by atoms with Crippen molar-refractivity contribution in [1.82, 2.24) is 4.98 Å². The number of pyridine rings is 1. The van der Waals surface area contributed by atoms with Crippen LogP contribution in [0.1, 0.15) is 5.56 Å². The van der Waals surface area contributed by atoms with Gasteiger partial charge in [-0.3, -0.25) is 14.5 Å². The number of anilines is 2. The summed E-state index contributed by atoms with van der Waals surface area (Å²) < 4.78 is 54.6. The molecule has 0 aliphatic carbocycles. The Balaban J connectivity index is 1.41. The molecular formula is C24H17F2N3O3S2. The topological polar surface area (TPSA) is 79.4 Å². The molecule has 2 aromatic heterocycles. The van der Waals surface area contributed by atoms with Gasteiger partial charge in [-0.2, -0.15) is 0 Å². The van der Waals surface area contributed by atoms with Crippen molar-refractivity contribution < 1.29 is 22.0 Å². The fourth-order valence-electron chi connectivity index (χ4n) is 3.81. The molecule has 0 bridgehead atoms. The van der Waals surface area contributed by atoms with Gasteiger partial charge in [0.25, 0.3) is 10.0 Å². The minimum atomic E-state index is -4.27. The minimum absolute atomic E-state index is 0.0601. The van der Waals surface area contributed by atoms with Crippen LogP contribution in [-0.4, -0.2) is 26.4 Å². The number of nitrogens with one attached hydrogen (secondary N) is 1. The first kappa shape index (κ1) is 22.2. The lowest BCUT2D eigenvalue weighted by atomic mass is 10.1. The number of aromatic nitrogens is 1. The Bertz CT molecular complexity index is 1550. The molecule has 3 heterocycles. The summed E-state index contributed by atoms with van der Waals surface area (Å²) in [5.41, 5.74) is 3.69. The number of thiophene rings is 1. The predicted octanol–water partition coefficient (Wildman–Crippen LogP) is 5.08. The first-order valence-corrected chi connectivity index (χ1v) is 12.4. The summed E-state index contributed by atoms with van der Waals surface area (Å²) >= 11 is 1.50. The molecule has 0 unspecified atom stereocenters. The Kier molecular flexibility index (Phi) is 5.41. The number of hydrogen-bond acceptors (Lipinski definition) is 5. The maximum absolute atomic E-state index is 14.0. The fourth-order valence-corrected chi connectivity index (χ4v) is 5.88. The van der Waals surface area contributed by atoms with Crippen molar-refractivity contribution in [2.45, 2.75) is 11.3 Å². The summed E-state index contributed by atoms with van der Waals surface area (Å²) in [6.45, 7) is 0. The molecular weight excluding hydrogens is 480 g/mol. The molecule has 0 saturated carbocycles. The first-order chi connectivity index (χ1) is 16.2. The van der Waals surface area contributed by atoms with E-state index in [1.807, 2.05) is 30.3 Å². The Morgan fingerprint density at radius 1 is 0.971 bits per heavy atom. The number of halogens is 2. The molecule has 0 atom stereocenters. The molecule has 34 heavy (non-hydrogen) atoms. The van der Waals surface area contributed by atoms with Crippen LogP contribution < -0.4 is 9.62 Å². The van der Waals surface area contributed by atoms with Crippen LogP contribution in [0.15, 0.2) is 71.9 Å². The van der Waals surface area contributed by atoms with E-state index < -0.39 is 26.6 Å². The lowest BCUT2D eigenvalue weighted by Crippen LogP contribution is -2.20. The van der Waals surface area contributed by atoms with Crippen molar-refractivity contribution in [2.24, 2.45) is 0 Å². The summed E-state index contributed by atoms with van der Waals surface area (Å²) in [6, 6.07) is 13.6. The zero-order valence-corrected chi connectivity index (χ0v) is 19.4. The van der Waals surface area contributed by atoms with Gasteiger partial charge in [0.1, 0.15) is 16.5 Å². The number of sulfonamides is 1. The Morgan fingerprint density at radius 2 is 1.74 bits per heavy atom. The molecule has 1 aliphatic heterocycles. The van der Waals surface area contributed by atoms with Gasteiger partial charge in [0, 0.05) is 40.3 Å². The van der Waals surface area contributed by atoms with Gasteiger partial charge < -0.3 is 4.90 Å². The molecule has 0 fully saturated rings. The third-order valence-corrected chi connectivity index (χ3v) is 8.10. The molecule has 5 rings (SSSR count). The van der Waals surface area contributed by atoms with Crippen LogP contribution >= 0.6 is 11.3 Å². The van der Waals surface area contributed by atoms with Gasteiger partial charge in [-0.1, -0.05) is 6.07 Å². The molecule has 172 valence electrons. The number of nitrogens with zero attached hydrogens (tertiary/aromatic N) is 2. The van der Waals surface area contributed by atoms with Crippen LogP contribution in [0.3, 0.4) is 0 Å². The Hall–Kier alpha value is -3.63. The van der Waals surface area contributed by atoms with Gasteiger partial charge in [-0.05, 0) is 53.6 Å². The highest BCUT2D eigenvalue weighted by Crippen LogP contribution is 2.38. The van der Waals surface area contributed by atoms with Gasteiger partial charge in [0.2, 0.25) is 5.91 Å². The molecule has 0 radical (unpaired) electrons. The zero-order valence-electron chi connectivity index (χ0n) is 17.7. The van der Waals surface area contributed by atoms with Crippen LogP contribution in [0, 0.1) is 11.6 Å². The molecule has 0 spiro atoms. The number of rotatable bonds is 5. The summed E-state index contributed by atoms with van der Waals surface area (Å²) in [7, 11) is -2.51. The van der Waals surface area contributed by atoms with E-state index in [0.717, 1.165) is 38.7 Å². The smallest absolute Gasteiger partial charge is 0.264 e. The van der Waals surface area contributed by atoms with Crippen molar-refractivity contribution >= 4 is 38.6 Å². The number of likely N-dealkylation sites (N-methyl/N-ethyl adjacent to an activating group) is 1. The first-order valence-electron chi connectivity index (χ1n) is 10.1. The summed E-state index contributed by atoms with van der Waals surface area (Å²) in [6.07, 6.45) is 3.28. The second-order valence-electron chi connectivity index (χ2n) is 7.78. The minimum Gasteiger partial charge on any atom is -0.315 e. The average molecular weight is 498 g/mol. The van der Waals surface area contributed by atoms with E-state index in [0.29, 0.717) is 18.1 Å². The quantitative estimate of drug-likeness (QED) is 0.417. The maximum Gasteiger partial charge on any atom is 0.264 e. The van der Waals surface area contributed by atoms with Crippen molar-refractivity contribution in [3.05, 3.63) is 84.2 Å². The summed E-state index contributed by atoms with van der Waals surface area (Å²) in [4.78, 5) is 18.9. The maximum atomic E-state index is 14.0. The van der Waals surface area contributed by atoms with E-state index in [-0.39, 0.29) is 11.6 Å². The average Bonchev–Trinajstić information content (AvgIpc) is 3.38. The Labute approximate surface area is 198 Å². The zero-order chi connectivity index (χ0) is 24.0. The Morgan fingerprint density at radius 3 is 2.50 bits per heavy atom. The van der Waals surface area contributed by atoms with E-state index in [4.69, 9.17) is 0 Å². The fraction of sp³-hybridized carbons (Fsp3) is 0.0833. The number of benzene rings is 2. The number of fused-ring (bicyclic) bond motifs is 1. The van der Waals surface area contributed by atoms with E-state index >= 15 is 0 Å². The van der Waals surface area contributed by atoms with Crippen molar-refractivity contribution in [2.75, 3.05) is 16.7 Å². The standard InChI is InChI=1S/C24H17F2N3O3S2/c1-29-20-4-2-14(8-15(20)10-24(29)30)21-5-6-22(33-21)16-9-18(13-27-12-16)28-34(31,32)23-7-3-17(25)11-19(23)26/h2-9,11-13,28H,10H2,1H3. The lowest BCUT2D eigenvalue weighted by Gasteiger charge is -2.10. The third kappa shape index (κ3) is 4.06. The van der Waals surface area contributed by atoms with Crippen LogP contribution in [0.4, 0.5) is 20.2 Å². The predicted molar refractivity (Wildman–Crippen MR) is 127 cm³/mol. The van der Waals surface area contributed by atoms with Crippen molar-refractivity contribution in [3.63, 3.8) is 0 Å². The van der Waals surface area contributed by atoms with Gasteiger partial charge in [0.15, 0.2) is 0 Å². The van der Waals surface area contributed by atoms with E-state index in [1.54, 1.807) is 24.2 Å². The monoisotopic (exact) mass is 497 g/mol. The van der Waals surface area contributed by atoms with Crippen molar-refractivity contribution in [1.29, 1.82) is 0 Å². The lowest BCUT2D eigenvalue weighted by molar-refractivity contribution is -0.117. The van der Waals surface area contributed by atoms with Crippen LogP contribution in [0.25, 0.3) is 20.9 Å². The number of amides is 1. The molecule has 6 nitrogen and oxygen atoms in total. The molecule has 10 heteroatoms. The van der Waals surface area contributed by atoms with Crippen LogP contribution in [0.5, 0.6) is 0 Å². The van der Waals surface area contributed by atoms with Gasteiger partial charge in [0.05, 0.1) is 18.3 Å². The van der Waals surface area contributed by atoms with E-state index in [2.05, 4.69) is 9.71 Å². The van der Waals surface area contributed by atoms with E-state index in [1.165, 1.54) is 17.5 Å². The SMILES string of the molecule is CN1C(=O)Cc2cc(-c3ccc(-c4cncc(NS(=O)(=O)c5ccc(F)cc5F)c4)s3)ccc21. The second-order valence-corrected chi connectivity index (χ2v) is 10.5. The highest BCUT2D eigenvalue weighted by Gasteiger charge is 2.24. The highest BCUT2D eigenvalue weighted by atomic mass is 32.2. The van der Waals surface area contributed by atoms with Crippen LogP contribution in [0.2, 0.25) is 0 Å². The summed E-state index contributed by atoms with van der Waals surface area (Å²) in [5.74, 6) is -1.98. The summed E-state index contributed by atoms with van der Waals surface area (Å²) in [5, 5.41) is 0. The van der Waals surface area contributed by atoms with E-state index in [9.17, 15) is 22.0 Å². The number of carbonyl (C=O) groups is 1. The number of carbonyl (C=O) groups excluding carboxylic acids is 1. The largest absolute Gasteiger partial charge is 0.315 e. The molecule has 0 saturated heterocycles. The second kappa shape index (κ2) is 8.30. The third-order valence-electron chi connectivity index (χ3n) is 5.51. The van der Waals surface area contributed by atoms with Gasteiger partial charge in [-0.15, -0.1) is 11.3 Å². The van der Waals surface area contributed by atoms with Crippen molar-refractivity contribution in [3.8, 4) is 20.9 Å². The normalized spacial score (nSPS) is 13.3. The van der Waals surface area contributed by atoms with Gasteiger partial charge in [-0.25, -0.2) is 17.2 Å². The highest BCUT2D eigenvalue weighted by molar-refractivity contribution is 7.92. The molecule has 4 aromatic rings.